The topological polar surface area (TPSA) is 88.2 Å². The second kappa shape index (κ2) is 7.79. The third-order valence-corrected chi connectivity index (χ3v) is 5.96. The van der Waals surface area contributed by atoms with Gasteiger partial charge in [0, 0.05) is 11.6 Å². The summed E-state index contributed by atoms with van der Waals surface area (Å²) in [6.45, 7) is 3.48. The standard InChI is InChI=1S/C14H15Cl2N3O3S2/c1-8(2)12(13(20)18-14-17-5-6-23-14)19-24(21,22)9-3-4-10(15)11(16)7-9/h3-8,12,19H,1-2H3,(H,17,18,20)/t12-/m0/s1. The highest BCUT2D eigenvalue weighted by Crippen LogP contribution is 2.25. The highest BCUT2D eigenvalue weighted by molar-refractivity contribution is 7.89. The van der Waals surface area contributed by atoms with Gasteiger partial charge in [-0.05, 0) is 24.1 Å². The van der Waals surface area contributed by atoms with Gasteiger partial charge in [-0.3, -0.25) is 4.79 Å². The SMILES string of the molecule is CC(C)[C@H](NS(=O)(=O)c1ccc(Cl)c(Cl)c1)C(=O)Nc1nccs1. The third-order valence-electron chi connectivity index (χ3n) is 3.10. The van der Waals surface area contributed by atoms with Crippen molar-refractivity contribution in [2.24, 2.45) is 5.92 Å². The first-order chi connectivity index (χ1) is 11.2. The minimum absolute atomic E-state index is 0.0652. The number of nitrogens with zero attached hydrogens (tertiary/aromatic N) is 1. The number of sulfonamides is 1. The lowest BCUT2D eigenvalue weighted by atomic mass is 10.1. The first-order valence-electron chi connectivity index (χ1n) is 6.88. The number of rotatable bonds is 6. The Morgan fingerprint density at radius 1 is 1.25 bits per heavy atom. The van der Waals surface area contributed by atoms with Gasteiger partial charge in [0.2, 0.25) is 15.9 Å². The molecular weight excluding hydrogens is 393 g/mol. The molecule has 0 bridgehead atoms. The monoisotopic (exact) mass is 407 g/mol. The van der Waals surface area contributed by atoms with Crippen LogP contribution in [-0.2, 0) is 14.8 Å². The molecule has 0 aliphatic heterocycles. The summed E-state index contributed by atoms with van der Waals surface area (Å²) in [5.74, 6) is -0.758. The molecule has 2 rings (SSSR count). The normalized spacial score (nSPS) is 13.0. The van der Waals surface area contributed by atoms with Crippen molar-refractivity contribution in [3.05, 3.63) is 39.8 Å². The Labute approximate surface area is 154 Å². The maximum Gasteiger partial charge on any atom is 0.244 e. The molecule has 1 heterocycles. The van der Waals surface area contributed by atoms with E-state index in [0.29, 0.717) is 5.13 Å². The van der Waals surface area contributed by atoms with Crippen molar-refractivity contribution < 1.29 is 13.2 Å². The van der Waals surface area contributed by atoms with Crippen molar-refractivity contribution in [1.82, 2.24) is 9.71 Å². The summed E-state index contributed by atoms with van der Waals surface area (Å²) in [7, 11) is -3.94. The van der Waals surface area contributed by atoms with Crippen LogP contribution in [0.2, 0.25) is 10.0 Å². The Morgan fingerprint density at radius 2 is 1.96 bits per heavy atom. The molecule has 0 fully saturated rings. The molecule has 1 amide bonds. The highest BCUT2D eigenvalue weighted by Gasteiger charge is 2.29. The van der Waals surface area contributed by atoms with E-state index in [1.807, 2.05) is 0 Å². The van der Waals surface area contributed by atoms with Gasteiger partial charge in [-0.25, -0.2) is 13.4 Å². The van der Waals surface area contributed by atoms with Crippen LogP contribution in [0.4, 0.5) is 5.13 Å². The zero-order valence-electron chi connectivity index (χ0n) is 12.8. The Hall–Kier alpha value is -1.19. The van der Waals surface area contributed by atoms with E-state index >= 15 is 0 Å². The summed E-state index contributed by atoms with van der Waals surface area (Å²) in [5.41, 5.74) is 0. The fourth-order valence-corrected chi connectivity index (χ4v) is 4.10. The average Bonchev–Trinajstić information content (AvgIpc) is 3.00. The summed E-state index contributed by atoms with van der Waals surface area (Å²) in [5, 5.41) is 5.07. The molecule has 2 N–H and O–H groups in total. The number of carbonyl (C=O) groups excluding carboxylic acids is 1. The fourth-order valence-electron chi connectivity index (χ4n) is 1.84. The van der Waals surface area contributed by atoms with E-state index in [9.17, 15) is 13.2 Å². The zero-order valence-corrected chi connectivity index (χ0v) is 15.9. The second-order valence-electron chi connectivity index (χ2n) is 5.25. The van der Waals surface area contributed by atoms with Gasteiger partial charge in [0.1, 0.15) is 6.04 Å². The second-order valence-corrected chi connectivity index (χ2v) is 8.67. The van der Waals surface area contributed by atoms with Crippen LogP contribution in [0.25, 0.3) is 0 Å². The number of anilines is 1. The van der Waals surface area contributed by atoms with Crippen LogP contribution in [0.3, 0.4) is 0 Å². The van der Waals surface area contributed by atoms with E-state index in [1.54, 1.807) is 25.4 Å². The molecule has 10 heteroatoms. The minimum atomic E-state index is -3.94. The predicted octanol–water partition coefficient (Wildman–Crippen LogP) is 3.39. The third kappa shape index (κ3) is 4.67. The molecule has 0 unspecified atom stereocenters. The van der Waals surface area contributed by atoms with Crippen LogP contribution in [0, 0.1) is 5.92 Å². The summed E-state index contributed by atoms with van der Waals surface area (Å²) < 4.78 is 27.4. The Kier molecular flexibility index (Phi) is 6.22. The van der Waals surface area contributed by atoms with Gasteiger partial charge >= 0.3 is 0 Å². The number of hydrogen-bond donors (Lipinski definition) is 2. The smallest absolute Gasteiger partial charge is 0.244 e. The summed E-state index contributed by atoms with van der Waals surface area (Å²) in [6, 6.07) is 2.99. The molecule has 2 aromatic rings. The molecule has 1 aromatic heterocycles. The molecule has 0 radical (unpaired) electrons. The Balaban J connectivity index is 2.22. The van der Waals surface area contributed by atoms with Crippen molar-refractivity contribution in [1.29, 1.82) is 0 Å². The molecule has 24 heavy (non-hydrogen) atoms. The van der Waals surface area contributed by atoms with Crippen LogP contribution < -0.4 is 10.0 Å². The van der Waals surface area contributed by atoms with Crippen molar-refractivity contribution in [2.45, 2.75) is 24.8 Å². The Bertz CT molecular complexity index is 824. The maximum atomic E-state index is 12.5. The largest absolute Gasteiger partial charge is 0.301 e. The number of aromatic nitrogens is 1. The molecule has 0 saturated carbocycles. The van der Waals surface area contributed by atoms with E-state index in [0.717, 1.165) is 0 Å². The molecule has 0 spiro atoms. The molecule has 130 valence electrons. The average molecular weight is 408 g/mol. The number of thiazole rings is 1. The molecule has 6 nitrogen and oxygen atoms in total. The zero-order chi connectivity index (χ0) is 17.9. The number of hydrogen-bond acceptors (Lipinski definition) is 5. The van der Waals surface area contributed by atoms with Gasteiger partial charge in [-0.1, -0.05) is 37.0 Å². The van der Waals surface area contributed by atoms with E-state index in [1.165, 1.54) is 29.5 Å². The lowest BCUT2D eigenvalue weighted by Crippen LogP contribution is -2.47. The summed E-state index contributed by atoms with van der Waals surface area (Å²) >= 11 is 12.9. The molecule has 0 aliphatic rings. The molecular formula is C14H15Cl2N3O3S2. The molecule has 0 saturated heterocycles. The number of nitrogens with one attached hydrogen (secondary N) is 2. The minimum Gasteiger partial charge on any atom is -0.301 e. The lowest BCUT2D eigenvalue weighted by Gasteiger charge is -2.21. The number of amides is 1. The summed E-state index contributed by atoms with van der Waals surface area (Å²) in [6.07, 6.45) is 1.55. The maximum absolute atomic E-state index is 12.5. The van der Waals surface area contributed by atoms with Crippen LogP contribution in [0.1, 0.15) is 13.8 Å². The van der Waals surface area contributed by atoms with Crippen LogP contribution in [-0.4, -0.2) is 25.4 Å². The van der Waals surface area contributed by atoms with Crippen LogP contribution in [0.5, 0.6) is 0 Å². The number of benzene rings is 1. The van der Waals surface area contributed by atoms with Gasteiger partial charge in [-0.15, -0.1) is 11.3 Å². The van der Waals surface area contributed by atoms with Crippen molar-refractivity contribution >= 4 is 55.6 Å². The molecule has 1 aromatic carbocycles. The number of carbonyl (C=O) groups is 1. The summed E-state index contributed by atoms with van der Waals surface area (Å²) in [4.78, 5) is 16.2. The van der Waals surface area contributed by atoms with Gasteiger partial charge in [0.15, 0.2) is 5.13 Å². The fraction of sp³-hybridized carbons (Fsp3) is 0.286. The quantitative estimate of drug-likeness (QED) is 0.767. The van der Waals surface area contributed by atoms with Crippen LogP contribution in [0.15, 0.2) is 34.7 Å². The van der Waals surface area contributed by atoms with Gasteiger partial charge in [-0.2, -0.15) is 4.72 Å². The molecule has 1 atom stereocenters. The van der Waals surface area contributed by atoms with Crippen LogP contribution >= 0.6 is 34.5 Å². The van der Waals surface area contributed by atoms with E-state index in [2.05, 4.69) is 15.0 Å². The highest BCUT2D eigenvalue weighted by atomic mass is 35.5. The van der Waals surface area contributed by atoms with E-state index < -0.39 is 22.0 Å². The number of halogens is 2. The first kappa shape index (κ1) is 19.1. The van der Waals surface area contributed by atoms with Crippen molar-refractivity contribution in [2.75, 3.05) is 5.32 Å². The van der Waals surface area contributed by atoms with E-state index in [4.69, 9.17) is 23.2 Å². The Morgan fingerprint density at radius 3 is 2.50 bits per heavy atom. The van der Waals surface area contributed by atoms with Gasteiger partial charge in [0.25, 0.3) is 0 Å². The van der Waals surface area contributed by atoms with Crippen molar-refractivity contribution in [3.8, 4) is 0 Å². The van der Waals surface area contributed by atoms with Gasteiger partial charge < -0.3 is 5.32 Å². The predicted molar refractivity (Wildman–Crippen MR) is 96.2 cm³/mol. The first-order valence-corrected chi connectivity index (χ1v) is 10.0. The van der Waals surface area contributed by atoms with E-state index in [-0.39, 0.29) is 20.9 Å². The lowest BCUT2D eigenvalue weighted by molar-refractivity contribution is -0.118. The van der Waals surface area contributed by atoms with Gasteiger partial charge in [0.05, 0.1) is 14.9 Å². The molecule has 0 aliphatic carbocycles. The van der Waals surface area contributed by atoms with Crippen molar-refractivity contribution in [3.63, 3.8) is 0 Å².